The van der Waals surface area contributed by atoms with E-state index in [-0.39, 0.29) is 18.0 Å². The van der Waals surface area contributed by atoms with Crippen LogP contribution in [0.1, 0.15) is 37.7 Å². The summed E-state index contributed by atoms with van der Waals surface area (Å²) in [4.78, 5) is 37.7. The molecule has 3 N–H and O–H groups in total. The van der Waals surface area contributed by atoms with Crippen molar-refractivity contribution in [2.24, 2.45) is 0 Å². The molecule has 0 radical (unpaired) electrons. The minimum Gasteiger partial charge on any atom is -0.497 e. The van der Waals surface area contributed by atoms with Gasteiger partial charge < -0.3 is 20.7 Å². The summed E-state index contributed by atoms with van der Waals surface area (Å²) in [5.74, 6) is 0.621. The SMILES string of the molecule is COc1cccc(CNC(=O)NCCCN2C(=O)NC3(CCCC3)C2=O)c1. The predicted molar refractivity (Wildman–Crippen MR) is 99.3 cm³/mol. The summed E-state index contributed by atoms with van der Waals surface area (Å²) in [5, 5.41) is 8.37. The zero-order valence-corrected chi connectivity index (χ0v) is 15.5. The highest BCUT2D eigenvalue weighted by molar-refractivity contribution is 6.07. The van der Waals surface area contributed by atoms with Crippen LogP contribution in [0, 0.1) is 0 Å². The Bertz CT molecular complexity index is 715. The maximum atomic E-state index is 12.5. The van der Waals surface area contributed by atoms with Crippen molar-refractivity contribution < 1.29 is 19.1 Å². The maximum Gasteiger partial charge on any atom is 0.325 e. The Morgan fingerprint density at radius 2 is 2.04 bits per heavy atom. The van der Waals surface area contributed by atoms with Crippen molar-refractivity contribution in [1.29, 1.82) is 0 Å². The lowest BCUT2D eigenvalue weighted by Crippen LogP contribution is -2.44. The van der Waals surface area contributed by atoms with E-state index in [0.29, 0.717) is 26.1 Å². The fraction of sp³-hybridized carbons (Fsp3) is 0.526. The summed E-state index contributed by atoms with van der Waals surface area (Å²) in [5.41, 5.74) is 0.268. The van der Waals surface area contributed by atoms with E-state index < -0.39 is 5.54 Å². The topological polar surface area (TPSA) is 99.8 Å². The number of nitrogens with zero attached hydrogens (tertiary/aromatic N) is 1. The molecule has 8 heteroatoms. The summed E-state index contributed by atoms with van der Waals surface area (Å²) in [6.07, 6.45) is 3.89. The minimum absolute atomic E-state index is 0.118. The lowest BCUT2D eigenvalue weighted by Gasteiger charge is -2.20. The van der Waals surface area contributed by atoms with Gasteiger partial charge in [0.25, 0.3) is 5.91 Å². The second kappa shape index (κ2) is 8.28. The Kier molecular flexibility index (Phi) is 5.83. The molecule has 1 spiro atoms. The maximum absolute atomic E-state index is 12.5. The third kappa shape index (κ3) is 4.32. The van der Waals surface area contributed by atoms with Crippen molar-refractivity contribution in [3.8, 4) is 5.75 Å². The van der Waals surface area contributed by atoms with Gasteiger partial charge in [-0.2, -0.15) is 0 Å². The Hall–Kier alpha value is -2.77. The summed E-state index contributed by atoms with van der Waals surface area (Å²) in [7, 11) is 1.60. The molecule has 1 saturated carbocycles. The van der Waals surface area contributed by atoms with E-state index >= 15 is 0 Å². The number of carbonyl (C=O) groups is 3. The van der Waals surface area contributed by atoms with Crippen molar-refractivity contribution in [2.45, 2.75) is 44.2 Å². The van der Waals surface area contributed by atoms with Gasteiger partial charge in [-0.3, -0.25) is 9.69 Å². The molecule has 1 saturated heterocycles. The molecule has 1 aromatic rings. The number of urea groups is 2. The van der Waals surface area contributed by atoms with Crippen molar-refractivity contribution in [3.63, 3.8) is 0 Å². The van der Waals surface area contributed by atoms with E-state index in [1.165, 1.54) is 4.90 Å². The zero-order valence-electron chi connectivity index (χ0n) is 15.5. The van der Waals surface area contributed by atoms with Gasteiger partial charge in [0.2, 0.25) is 0 Å². The third-order valence-corrected chi connectivity index (χ3v) is 5.13. The lowest BCUT2D eigenvalue weighted by atomic mass is 9.98. The highest BCUT2D eigenvalue weighted by Crippen LogP contribution is 2.34. The first-order valence-electron chi connectivity index (χ1n) is 9.33. The molecule has 8 nitrogen and oxygen atoms in total. The van der Waals surface area contributed by atoms with Gasteiger partial charge in [-0.05, 0) is 37.0 Å². The van der Waals surface area contributed by atoms with Crippen LogP contribution in [0.3, 0.4) is 0 Å². The zero-order chi connectivity index (χ0) is 19.3. The average molecular weight is 374 g/mol. The van der Waals surface area contributed by atoms with Gasteiger partial charge in [0.1, 0.15) is 11.3 Å². The summed E-state index contributed by atoms with van der Waals surface area (Å²) in [6.45, 7) is 1.08. The smallest absolute Gasteiger partial charge is 0.325 e. The van der Waals surface area contributed by atoms with Crippen LogP contribution in [-0.4, -0.2) is 48.6 Å². The summed E-state index contributed by atoms with van der Waals surface area (Å²) in [6, 6.07) is 6.86. The Morgan fingerprint density at radius 1 is 1.26 bits per heavy atom. The molecule has 27 heavy (non-hydrogen) atoms. The minimum atomic E-state index is -0.668. The number of ether oxygens (including phenoxy) is 1. The van der Waals surface area contributed by atoms with Gasteiger partial charge in [-0.15, -0.1) is 0 Å². The van der Waals surface area contributed by atoms with Gasteiger partial charge in [0.15, 0.2) is 0 Å². The van der Waals surface area contributed by atoms with Gasteiger partial charge in [0, 0.05) is 19.6 Å². The van der Waals surface area contributed by atoms with Crippen molar-refractivity contribution >= 4 is 18.0 Å². The van der Waals surface area contributed by atoms with Crippen LogP contribution >= 0.6 is 0 Å². The number of imide groups is 1. The van der Waals surface area contributed by atoms with Crippen LogP contribution in [-0.2, 0) is 11.3 Å². The molecule has 1 aliphatic carbocycles. The molecule has 2 aliphatic rings. The van der Waals surface area contributed by atoms with Gasteiger partial charge in [0.05, 0.1) is 7.11 Å². The van der Waals surface area contributed by atoms with Crippen molar-refractivity contribution in [3.05, 3.63) is 29.8 Å². The number of benzene rings is 1. The third-order valence-electron chi connectivity index (χ3n) is 5.13. The molecule has 2 fully saturated rings. The number of nitrogens with one attached hydrogen (secondary N) is 3. The summed E-state index contributed by atoms with van der Waals surface area (Å²) >= 11 is 0. The fourth-order valence-corrected chi connectivity index (χ4v) is 3.66. The number of methoxy groups -OCH3 is 1. The van der Waals surface area contributed by atoms with Crippen LogP contribution in [0.15, 0.2) is 24.3 Å². The number of amides is 5. The first-order valence-corrected chi connectivity index (χ1v) is 9.33. The lowest BCUT2D eigenvalue weighted by molar-refractivity contribution is -0.131. The molecule has 1 aliphatic heterocycles. The molecular formula is C19H26N4O4. The largest absolute Gasteiger partial charge is 0.497 e. The first kappa shape index (κ1) is 19.0. The second-order valence-corrected chi connectivity index (χ2v) is 6.99. The molecule has 0 bridgehead atoms. The monoisotopic (exact) mass is 374 g/mol. The molecule has 3 rings (SSSR count). The van der Waals surface area contributed by atoms with E-state index in [0.717, 1.165) is 37.0 Å². The molecule has 1 heterocycles. The van der Waals surface area contributed by atoms with Crippen LogP contribution in [0.5, 0.6) is 5.75 Å². The molecule has 1 aromatic carbocycles. The van der Waals surface area contributed by atoms with Gasteiger partial charge in [-0.1, -0.05) is 25.0 Å². The van der Waals surface area contributed by atoms with E-state index in [4.69, 9.17) is 4.74 Å². The van der Waals surface area contributed by atoms with Gasteiger partial charge >= 0.3 is 12.1 Å². The van der Waals surface area contributed by atoms with Crippen LogP contribution in [0.4, 0.5) is 9.59 Å². The second-order valence-electron chi connectivity index (χ2n) is 6.99. The highest BCUT2D eigenvalue weighted by Gasteiger charge is 2.51. The number of rotatable bonds is 7. The highest BCUT2D eigenvalue weighted by atomic mass is 16.5. The Balaban J connectivity index is 1.36. The molecule has 0 unspecified atom stereocenters. The molecule has 0 aromatic heterocycles. The van der Waals surface area contributed by atoms with Crippen LogP contribution in [0.25, 0.3) is 0 Å². The van der Waals surface area contributed by atoms with E-state index in [9.17, 15) is 14.4 Å². The number of carbonyl (C=O) groups excluding carboxylic acids is 3. The predicted octanol–water partition coefficient (Wildman–Crippen LogP) is 1.75. The van der Waals surface area contributed by atoms with E-state index in [2.05, 4.69) is 16.0 Å². The van der Waals surface area contributed by atoms with Crippen molar-refractivity contribution in [1.82, 2.24) is 20.9 Å². The number of hydrogen-bond donors (Lipinski definition) is 3. The number of hydrogen-bond acceptors (Lipinski definition) is 4. The standard InChI is InChI=1S/C19H26N4O4/c1-27-15-7-4-6-14(12-15)13-21-17(25)20-10-5-11-23-16(24)19(22-18(23)26)8-2-3-9-19/h4,6-7,12H,2-3,5,8-11,13H2,1H3,(H,22,26)(H2,20,21,25). The van der Waals surface area contributed by atoms with Gasteiger partial charge in [-0.25, -0.2) is 9.59 Å². The van der Waals surface area contributed by atoms with Crippen molar-refractivity contribution in [2.75, 3.05) is 20.2 Å². The Morgan fingerprint density at radius 3 is 2.78 bits per heavy atom. The fourth-order valence-electron chi connectivity index (χ4n) is 3.66. The van der Waals surface area contributed by atoms with Crippen LogP contribution < -0.4 is 20.7 Å². The average Bonchev–Trinajstić information content (AvgIpc) is 3.23. The molecular weight excluding hydrogens is 348 g/mol. The molecule has 146 valence electrons. The van der Waals surface area contributed by atoms with E-state index in [1.54, 1.807) is 7.11 Å². The van der Waals surface area contributed by atoms with E-state index in [1.807, 2.05) is 24.3 Å². The quantitative estimate of drug-likeness (QED) is 0.500. The first-order chi connectivity index (χ1) is 13.0. The Labute approximate surface area is 158 Å². The normalized spacial score (nSPS) is 17.9. The molecule has 5 amide bonds. The summed E-state index contributed by atoms with van der Waals surface area (Å²) < 4.78 is 5.15. The molecule has 0 atom stereocenters. The van der Waals surface area contributed by atoms with Crippen LogP contribution in [0.2, 0.25) is 0 Å².